The molecule has 2 aliphatic rings. The van der Waals surface area contributed by atoms with E-state index in [0.717, 1.165) is 12.0 Å². The summed E-state index contributed by atoms with van der Waals surface area (Å²) in [6, 6.07) is 5.62. The molecule has 2 atom stereocenters. The lowest BCUT2D eigenvalue weighted by atomic mass is 9.80. The Hall–Kier alpha value is -1.76. The van der Waals surface area contributed by atoms with Crippen LogP contribution in [0.25, 0.3) is 0 Å². The van der Waals surface area contributed by atoms with Gasteiger partial charge in [0.15, 0.2) is 0 Å². The van der Waals surface area contributed by atoms with Gasteiger partial charge in [0.1, 0.15) is 5.75 Å². The van der Waals surface area contributed by atoms with Crippen molar-refractivity contribution in [3.05, 3.63) is 29.8 Å². The molecule has 0 radical (unpaired) electrons. The zero-order valence-corrected chi connectivity index (χ0v) is 12.4. The maximum atomic E-state index is 12.1. The number of carbonyl (C=O) groups is 1. The summed E-state index contributed by atoms with van der Waals surface area (Å²) >= 11 is 0. The fraction of sp³-hybridized carbons (Fsp3) is 0.562. The third-order valence-electron chi connectivity index (χ3n) is 4.54. The molecule has 2 fully saturated rings. The molecule has 2 unspecified atom stereocenters. The molecule has 0 aliphatic heterocycles. The molecule has 0 aromatic heterocycles. The van der Waals surface area contributed by atoms with Crippen LogP contribution in [-0.2, 0) is 4.79 Å². The molecule has 2 N–H and O–H groups in total. The maximum Gasteiger partial charge on any atom is 0.573 e. The zero-order chi connectivity index (χ0) is 16.7. The van der Waals surface area contributed by atoms with Gasteiger partial charge in [0.05, 0.1) is 5.60 Å². The van der Waals surface area contributed by atoms with Gasteiger partial charge in [-0.15, -0.1) is 13.2 Å². The minimum Gasteiger partial charge on any atom is -0.406 e. The quantitative estimate of drug-likeness (QED) is 0.873. The topological polar surface area (TPSA) is 58.6 Å². The van der Waals surface area contributed by atoms with E-state index >= 15 is 0 Å². The van der Waals surface area contributed by atoms with Crippen molar-refractivity contribution in [2.24, 2.45) is 5.92 Å². The number of ether oxygens (including phenoxy) is 1. The number of amides is 1. The SMILES string of the molecule is O=C(NCC1(O)CCC1)C1CC1c1ccc(OC(F)(F)F)cc1. The average molecular weight is 329 g/mol. The molecular weight excluding hydrogens is 311 g/mol. The van der Waals surface area contributed by atoms with Crippen LogP contribution in [0.15, 0.2) is 24.3 Å². The Kier molecular flexibility index (Phi) is 4.00. The summed E-state index contributed by atoms with van der Waals surface area (Å²) in [7, 11) is 0. The van der Waals surface area contributed by atoms with Gasteiger partial charge in [0.2, 0.25) is 5.91 Å². The van der Waals surface area contributed by atoms with Gasteiger partial charge in [0, 0.05) is 12.5 Å². The minimum absolute atomic E-state index is 0.0194. The molecule has 0 heterocycles. The van der Waals surface area contributed by atoms with Crippen LogP contribution in [0.1, 0.15) is 37.2 Å². The van der Waals surface area contributed by atoms with Crippen LogP contribution in [0.3, 0.4) is 0 Å². The van der Waals surface area contributed by atoms with Crippen molar-refractivity contribution >= 4 is 5.91 Å². The molecule has 23 heavy (non-hydrogen) atoms. The highest BCUT2D eigenvalue weighted by Crippen LogP contribution is 2.48. The number of hydrogen-bond acceptors (Lipinski definition) is 3. The molecular formula is C16H18F3NO3. The van der Waals surface area contributed by atoms with Gasteiger partial charge in [0.25, 0.3) is 0 Å². The van der Waals surface area contributed by atoms with Crippen molar-refractivity contribution in [3.63, 3.8) is 0 Å². The average Bonchev–Trinajstić information content (AvgIpc) is 3.22. The first-order valence-electron chi connectivity index (χ1n) is 7.62. The number of nitrogens with one attached hydrogen (secondary N) is 1. The molecule has 3 rings (SSSR count). The summed E-state index contributed by atoms with van der Waals surface area (Å²) in [5.74, 6) is -0.528. The van der Waals surface area contributed by atoms with Gasteiger partial charge in [-0.3, -0.25) is 4.79 Å². The first kappa shape index (κ1) is 16.1. The summed E-state index contributed by atoms with van der Waals surface area (Å²) in [5, 5.41) is 12.7. The van der Waals surface area contributed by atoms with Crippen molar-refractivity contribution in [1.29, 1.82) is 0 Å². The number of benzene rings is 1. The molecule has 0 bridgehead atoms. The summed E-state index contributed by atoms with van der Waals surface area (Å²) in [5.41, 5.74) is 0.0680. The van der Waals surface area contributed by atoms with Crippen LogP contribution in [0.5, 0.6) is 5.75 Å². The number of aliphatic hydroxyl groups is 1. The molecule has 1 aromatic carbocycles. The van der Waals surface area contributed by atoms with Gasteiger partial charge in [-0.2, -0.15) is 0 Å². The van der Waals surface area contributed by atoms with E-state index in [1.54, 1.807) is 12.1 Å². The Morgan fingerprint density at radius 3 is 2.48 bits per heavy atom. The second-order valence-corrected chi connectivity index (χ2v) is 6.36. The summed E-state index contributed by atoms with van der Waals surface area (Å²) < 4.78 is 40.1. The Balaban J connectivity index is 1.50. The van der Waals surface area contributed by atoms with E-state index < -0.39 is 12.0 Å². The maximum absolute atomic E-state index is 12.1. The lowest BCUT2D eigenvalue weighted by Crippen LogP contribution is -2.48. The Morgan fingerprint density at radius 1 is 1.30 bits per heavy atom. The molecule has 0 saturated heterocycles. The highest BCUT2D eigenvalue weighted by atomic mass is 19.4. The van der Waals surface area contributed by atoms with E-state index in [0.29, 0.717) is 19.3 Å². The molecule has 2 saturated carbocycles. The number of alkyl halides is 3. The first-order valence-corrected chi connectivity index (χ1v) is 7.62. The Morgan fingerprint density at radius 2 is 1.96 bits per heavy atom. The molecule has 126 valence electrons. The number of halogens is 3. The monoisotopic (exact) mass is 329 g/mol. The smallest absolute Gasteiger partial charge is 0.406 e. The van der Waals surface area contributed by atoms with Gasteiger partial charge < -0.3 is 15.2 Å². The van der Waals surface area contributed by atoms with Crippen molar-refractivity contribution in [3.8, 4) is 5.75 Å². The highest BCUT2D eigenvalue weighted by molar-refractivity contribution is 5.83. The van der Waals surface area contributed by atoms with E-state index in [2.05, 4.69) is 10.1 Å². The van der Waals surface area contributed by atoms with Gasteiger partial charge in [-0.05, 0) is 49.3 Å². The van der Waals surface area contributed by atoms with E-state index in [9.17, 15) is 23.1 Å². The van der Waals surface area contributed by atoms with Crippen molar-refractivity contribution in [2.45, 2.75) is 43.6 Å². The number of rotatable bonds is 5. The predicted molar refractivity (Wildman–Crippen MR) is 75.8 cm³/mol. The summed E-state index contributed by atoms with van der Waals surface area (Å²) in [6.07, 6.45) is -1.64. The van der Waals surface area contributed by atoms with Crippen LogP contribution in [-0.4, -0.2) is 29.5 Å². The largest absolute Gasteiger partial charge is 0.573 e. The van der Waals surface area contributed by atoms with Crippen LogP contribution < -0.4 is 10.1 Å². The van der Waals surface area contributed by atoms with Crippen molar-refractivity contribution < 1.29 is 27.8 Å². The standard InChI is InChI=1S/C16H18F3NO3/c17-16(18,19)23-11-4-2-10(3-5-11)12-8-13(12)14(21)20-9-15(22)6-1-7-15/h2-5,12-13,22H,1,6-9H2,(H,20,21). The van der Waals surface area contributed by atoms with E-state index in [1.807, 2.05) is 0 Å². The lowest BCUT2D eigenvalue weighted by molar-refractivity contribution is -0.274. The number of carbonyl (C=O) groups excluding carboxylic acids is 1. The van der Waals surface area contributed by atoms with Gasteiger partial charge >= 0.3 is 6.36 Å². The van der Waals surface area contributed by atoms with Crippen LogP contribution in [0.4, 0.5) is 13.2 Å². The fourth-order valence-electron chi connectivity index (χ4n) is 2.91. The highest BCUT2D eigenvalue weighted by Gasteiger charge is 2.45. The van der Waals surface area contributed by atoms with E-state index in [4.69, 9.17) is 0 Å². The lowest BCUT2D eigenvalue weighted by Gasteiger charge is -2.36. The van der Waals surface area contributed by atoms with E-state index in [1.165, 1.54) is 12.1 Å². The Labute approximate surface area is 131 Å². The van der Waals surface area contributed by atoms with Crippen LogP contribution in [0.2, 0.25) is 0 Å². The van der Waals surface area contributed by atoms with Gasteiger partial charge in [-0.25, -0.2) is 0 Å². The number of hydrogen-bond donors (Lipinski definition) is 2. The first-order chi connectivity index (χ1) is 10.8. The second kappa shape index (κ2) is 5.70. The third-order valence-corrected chi connectivity index (χ3v) is 4.54. The molecule has 0 spiro atoms. The normalized spacial score (nSPS) is 25.4. The van der Waals surface area contributed by atoms with Gasteiger partial charge in [-0.1, -0.05) is 12.1 Å². The molecule has 4 nitrogen and oxygen atoms in total. The minimum atomic E-state index is -4.70. The zero-order valence-electron chi connectivity index (χ0n) is 12.4. The van der Waals surface area contributed by atoms with Crippen molar-refractivity contribution in [1.82, 2.24) is 5.32 Å². The molecule has 7 heteroatoms. The summed E-state index contributed by atoms with van der Waals surface area (Å²) in [6.45, 7) is 0.271. The molecule has 1 amide bonds. The Bertz CT molecular complexity index is 581. The third kappa shape index (κ3) is 3.96. The molecule has 1 aromatic rings. The van der Waals surface area contributed by atoms with Crippen molar-refractivity contribution in [2.75, 3.05) is 6.54 Å². The van der Waals surface area contributed by atoms with Crippen LogP contribution >= 0.6 is 0 Å². The van der Waals surface area contributed by atoms with Crippen LogP contribution in [0, 0.1) is 5.92 Å². The fourth-order valence-corrected chi connectivity index (χ4v) is 2.91. The molecule has 2 aliphatic carbocycles. The second-order valence-electron chi connectivity index (χ2n) is 6.36. The van der Waals surface area contributed by atoms with E-state index in [-0.39, 0.29) is 30.0 Å². The predicted octanol–water partition coefficient (Wildman–Crippen LogP) is 2.72. The summed E-state index contributed by atoms with van der Waals surface area (Å²) in [4.78, 5) is 12.0.